The molecule has 2 amide bonds. The smallest absolute Gasteiger partial charge is 0.254 e. The second-order valence-corrected chi connectivity index (χ2v) is 5.11. The molecule has 20 heavy (non-hydrogen) atoms. The minimum absolute atomic E-state index is 0.0213. The van der Waals surface area contributed by atoms with Gasteiger partial charge < -0.3 is 15.2 Å². The van der Waals surface area contributed by atoms with Crippen LogP contribution in [0.5, 0.6) is 0 Å². The fourth-order valence-electron chi connectivity index (χ4n) is 2.39. The molecule has 1 aromatic heterocycles. The molecule has 0 bridgehead atoms. The van der Waals surface area contributed by atoms with Crippen LogP contribution in [0.25, 0.3) is 0 Å². The number of pyridine rings is 1. The van der Waals surface area contributed by atoms with E-state index in [2.05, 4.69) is 10.3 Å². The van der Waals surface area contributed by atoms with Crippen LogP contribution < -0.4 is 10.9 Å². The fourth-order valence-corrected chi connectivity index (χ4v) is 2.39. The van der Waals surface area contributed by atoms with Crippen LogP contribution in [0, 0.1) is 5.92 Å². The Hall–Kier alpha value is -2.11. The summed E-state index contributed by atoms with van der Waals surface area (Å²) in [5.41, 5.74) is 0.158. The molecule has 1 aliphatic rings. The molecule has 0 radical (unpaired) electrons. The molecule has 1 aliphatic heterocycles. The van der Waals surface area contributed by atoms with Gasteiger partial charge >= 0.3 is 0 Å². The fraction of sp³-hybridized carbons (Fsp3) is 0.500. The van der Waals surface area contributed by atoms with E-state index >= 15 is 0 Å². The number of carbonyl (C=O) groups is 2. The summed E-state index contributed by atoms with van der Waals surface area (Å²) in [6.45, 7) is 3.50. The number of aromatic amines is 1. The maximum Gasteiger partial charge on any atom is 0.254 e. The minimum Gasteiger partial charge on any atom is -0.356 e. The zero-order chi connectivity index (χ0) is 14.5. The highest BCUT2D eigenvalue weighted by Crippen LogP contribution is 2.18. The number of hydrogen-bond acceptors (Lipinski definition) is 3. The molecule has 108 valence electrons. The third-order valence-electron chi connectivity index (χ3n) is 3.56. The van der Waals surface area contributed by atoms with Crippen molar-refractivity contribution in [3.8, 4) is 0 Å². The maximum atomic E-state index is 12.2. The van der Waals surface area contributed by atoms with Crippen LogP contribution in [0.4, 0.5) is 0 Å². The van der Waals surface area contributed by atoms with Crippen LogP contribution in [0.1, 0.15) is 30.1 Å². The molecule has 6 nitrogen and oxygen atoms in total. The Morgan fingerprint density at radius 2 is 2.10 bits per heavy atom. The van der Waals surface area contributed by atoms with E-state index in [9.17, 15) is 14.4 Å². The number of aromatic nitrogens is 1. The molecule has 0 unspecified atom stereocenters. The first-order valence-electron chi connectivity index (χ1n) is 6.78. The Morgan fingerprint density at radius 1 is 1.40 bits per heavy atom. The highest BCUT2D eigenvalue weighted by atomic mass is 16.2. The van der Waals surface area contributed by atoms with Crippen LogP contribution >= 0.6 is 0 Å². The van der Waals surface area contributed by atoms with Crippen molar-refractivity contribution in [1.82, 2.24) is 15.2 Å². The van der Waals surface area contributed by atoms with Gasteiger partial charge in [0.15, 0.2) is 0 Å². The quantitative estimate of drug-likeness (QED) is 0.837. The zero-order valence-corrected chi connectivity index (χ0v) is 11.5. The second-order valence-electron chi connectivity index (χ2n) is 5.11. The molecule has 2 heterocycles. The number of nitrogens with one attached hydrogen (secondary N) is 2. The summed E-state index contributed by atoms with van der Waals surface area (Å²) < 4.78 is 0. The molecule has 1 fully saturated rings. The summed E-state index contributed by atoms with van der Waals surface area (Å²) >= 11 is 0. The lowest BCUT2D eigenvalue weighted by molar-refractivity contribution is -0.119. The topological polar surface area (TPSA) is 82.3 Å². The van der Waals surface area contributed by atoms with Crippen molar-refractivity contribution in [3.63, 3.8) is 0 Å². The van der Waals surface area contributed by atoms with Gasteiger partial charge in [0, 0.05) is 44.4 Å². The van der Waals surface area contributed by atoms with Crippen LogP contribution in [-0.2, 0) is 4.79 Å². The number of hydrogen-bond donors (Lipinski definition) is 2. The van der Waals surface area contributed by atoms with Gasteiger partial charge in [0.05, 0.1) is 0 Å². The van der Waals surface area contributed by atoms with Gasteiger partial charge in [0.1, 0.15) is 0 Å². The zero-order valence-electron chi connectivity index (χ0n) is 11.5. The normalized spacial score (nSPS) is 15.9. The molecular weight excluding hydrogens is 258 g/mol. The highest BCUT2D eigenvalue weighted by molar-refractivity contribution is 5.94. The number of nitrogens with zero attached hydrogens (tertiary/aromatic N) is 1. The number of piperidine rings is 1. The molecule has 2 N–H and O–H groups in total. The summed E-state index contributed by atoms with van der Waals surface area (Å²) in [5, 5.41) is 2.81. The van der Waals surface area contributed by atoms with Crippen LogP contribution in [0.3, 0.4) is 0 Å². The van der Waals surface area contributed by atoms with Crippen molar-refractivity contribution in [1.29, 1.82) is 0 Å². The van der Waals surface area contributed by atoms with E-state index in [1.165, 1.54) is 19.2 Å². The average Bonchev–Trinajstić information content (AvgIpc) is 2.45. The molecule has 1 aromatic rings. The number of rotatable bonds is 3. The Morgan fingerprint density at radius 3 is 2.70 bits per heavy atom. The van der Waals surface area contributed by atoms with Gasteiger partial charge in [0.25, 0.3) is 5.91 Å². The Kier molecular flexibility index (Phi) is 4.55. The van der Waals surface area contributed by atoms with Crippen molar-refractivity contribution in [2.75, 3.05) is 19.6 Å². The summed E-state index contributed by atoms with van der Waals surface area (Å²) in [7, 11) is 0. The lowest BCUT2D eigenvalue weighted by Gasteiger charge is -2.32. The van der Waals surface area contributed by atoms with Crippen molar-refractivity contribution < 1.29 is 9.59 Å². The lowest BCUT2D eigenvalue weighted by Crippen LogP contribution is -2.41. The molecule has 0 saturated carbocycles. The summed E-state index contributed by atoms with van der Waals surface area (Å²) in [5.74, 6) is 0.295. The minimum atomic E-state index is -0.267. The van der Waals surface area contributed by atoms with Crippen LogP contribution in [0.2, 0.25) is 0 Å². The van der Waals surface area contributed by atoms with Gasteiger partial charge in [-0.05, 0) is 24.8 Å². The Labute approximate surface area is 117 Å². The predicted octanol–water partition coefficient (Wildman–Crippen LogP) is 0.363. The molecule has 2 rings (SSSR count). The van der Waals surface area contributed by atoms with Crippen LogP contribution in [-0.4, -0.2) is 41.3 Å². The first-order valence-corrected chi connectivity index (χ1v) is 6.78. The van der Waals surface area contributed by atoms with Crippen LogP contribution in [0.15, 0.2) is 23.1 Å². The monoisotopic (exact) mass is 277 g/mol. The Balaban J connectivity index is 1.89. The largest absolute Gasteiger partial charge is 0.356 e. The molecule has 0 spiro atoms. The number of likely N-dealkylation sites (tertiary alicyclic amines) is 1. The molecule has 0 aliphatic carbocycles. The van der Waals surface area contributed by atoms with E-state index < -0.39 is 0 Å². The highest BCUT2D eigenvalue weighted by Gasteiger charge is 2.23. The van der Waals surface area contributed by atoms with Crippen molar-refractivity contribution in [2.24, 2.45) is 5.92 Å². The molecular formula is C14H19N3O3. The van der Waals surface area contributed by atoms with Crippen molar-refractivity contribution in [2.45, 2.75) is 19.8 Å². The third kappa shape index (κ3) is 3.69. The molecule has 0 atom stereocenters. The van der Waals surface area contributed by atoms with E-state index in [1.807, 2.05) is 0 Å². The first-order chi connectivity index (χ1) is 9.56. The van der Waals surface area contributed by atoms with Crippen molar-refractivity contribution in [3.05, 3.63) is 34.2 Å². The number of amides is 2. The van der Waals surface area contributed by atoms with Gasteiger partial charge in [0.2, 0.25) is 11.5 Å². The number of H-pyrrole nitrogens is 1. The molecule has 6 heteroatoms. The summed E-state index contributed by atoms with van der Waals surface area (Å²) in [4.78, 5) is 38.6. The molecule has 1 saturated heterocycles. The molecule has 0 aromatic carbocycles. The van der Waals surface area contributed by atoms with Gasteiger partial charge in [-0.1, -0.05) is 0 Å². The van der Waals surface area contributed by atoms with Gasteiger partial charge in [-0.25, -0.2) is 0 Å². The van der Waals surface area contributed by atoms with Gasteiger partial charge in [-0.2, -0.15) is 0 Å². The first kappa shape index (κ1) is 14.3. The van der Waals surface area contributed by atoms with E-state index in [4.69, 9.17) is 0 Å². The standard InChI is InChI=1S/C14H19N3O3/c1-10(18)16-9-11-3-6-17(7-4-11)14(20)12-2-5-15-13(19)8-12/h2,5,8,11H,3-4,6-7,9H2,1H3,(H,15,19)(H,16,18). The Bertz CT molecular complexity index is 545. The van der Waals surface area contributed by atoms with Crippen molar-refractivity contribution >= 4 is 11.8 Å². The predicted molar refractivity (Wildman–Crippen MR) is 74.4 cm³/mol. The van der Waals surface area contributed by atoms with E-state index in [1.54, 1.807) is 11.0 Å². The van der Waals surface area contributed by atoms with Gasteiger partial charge in [-0.15, -0.1) is 0 Å². The number of carbonyl (C=O) groups excluding carboxylic acids is 2. The lowest BCUT2D eigenvalue weighted by atomic mass is 9.96. The third-order valence-corrected chi connectivity index (χ3v) is 3.56. The maximum absolute atomic E-state index is 12.2. The van der Waals surface area contributed by atoms with E-state index in [0.717, 1.165) is 12.8 Å². The van der Waals surface area contributed by atoms with E-state index in [-0.39, 0.29) is 17.4 Å². The van der Waals surface area contributed by atoms with Gasteiger partial charge in [-0.3, -0.25) is 14.4 Å². The average molecular weight is 277 g/mol. The SMILES string of the molecule is CC(=O)NCC1CCN(C(=O)c2cc[nH]c(=O)c2)CC1. The summed E-state index contributed by atoms with van der Waals surface area (Å²) in [6, 6.07) is 2.94. The second kappa shape index (κ2) is 6.36. The van der Waals surface area contributed by atoms with E-state index in [0.29, 0.717) is 31.1 Å². The summed E-state index contributed by atoms with van der Waals surface area (Å²) in [6.07, 6.45) is 3.23.